The van der Waals surface area contributed by atoms with Crippen LogP contribution in [-0.2, 0) is 49.1 Å². The lowest BCUT2D eigenvalue weighted by Crippen LogP contribution is -2.35. The van der Waals surface area contributed by atoms with Crippen LogP contribution in [0.3, 0.4) is 0 Å². The third-order valence-corrected chi connectivity index (χ3v) is 14.1. The summed E-state index contributed by atoms with van der Waals surface area (Å²) in [5.74, 6) is 2.79. The minimum atomic E-state index is -4.75. The molecule has 0 amide bonds. The second-order valence-corrected chi connectivity index (χ2v) is 20.0. The molecule has 286 valence electrons. The zero-order chi connectivity index (χ0) is 39.6. The fourth-order valence-electron chi connectivity index (χ4n) is 6.13. The van der Waals surface area contributed by atoms with Crippen molar-refractivity contribution in [2.75, 3.05) is 22.5 Å². The predicted octanol–water partition coefficient (Wildman–Crippen LogP) is 5.39. The van der Waals surface area contributed by atoms with Crippen molar-refractivity contribution in [1.82, 2.24) is 14.8 Å². The van der Waals surface area contributed by atoms with Gasteiger partial charge in [0.2, 0.25) is 20.0 Å². The van der Waals surface area contributed by atoms with Crippen LogP contribution in [0.5, 0.6) is 0 Å². The molecule has 0 bridgehead atoms. The van der Waals surface area contributed by atoms with Gasteiger partial charge in [0.1, 0.15) is 22.1 Å². The summed E-state index contributed by atoms with van der Waals surface area (Å²) in [7, 11) is -13.2. The van der Waals surface area contributed by atoms with Crippen LogP contribution in [0.2, 0.25) is 5.02 Å². The number of sulfone groups is 1. The van der Waals surface area contributed by atoms with Crippen molar-refractivity contribution < 1.29 is 47.2 Å². The number of hydrogen-bond donors (Lipinski definition) is 1. The monoisotopic (exact) mass is 821 g/mol. The van der Waals surface area contributed by atoms with E-state index >= 15 is 4.39 Å². The van der Waals surface area contributed by atoms with Gasteiger partial charge in [-0.05, 0) is 80.3 Å². The van der Waals surface area contributed by atoms with E-state index in [1.165, 1.54) is 26.0 Å². The van der Waals surface area contributed by atoms with Gasteiger partial charge in [0.15, 0.2) is 15.7 Å². The van der Waals surface area contributed by atoms with E-state index in [0.717, 1.165) is 18.4 Å². The highest BCUT2D eigenvalue weighted by molar-refractivity contribution is 8.09. The van der Waals surface area contributed by atoms with Crippen LogP contribution in [0, 0.1) is 23.5 Å². The van der Waals surface area contributed by atoms with Crippen LogP contribution in [0.1, 0.15) is 60.7 Å². The molecule has 11 nitrogen and oxygen atoms in total. The van der Waals surface area contributed by atoms with E-state index in [1.807, 2.05) is 0 Å². The maximum absolute atomic E-state index is 15.6. The number of benzene rings is 2. The summed E-state index contributed by atoms with van der Waals surface area (Å²) in [5, 5.41) is 2.89. The number of fused-ring (bicyclic) bond motifs is 2. The topological polar surface area (TPSA) is 162 Å². The van der Waals surface area contributed by atoms with Crippen molar-refractivity contribution in [3.8, 4) is 23.0 Å². The first-order valence-corrected chi connectivity index (χ1v) is 21.6. The Morgan fingerprint density at radius 3 is 2.09 bits per heavy atom. The van der Waals surface area contributed by atoms with Crippen molar-refractivity contribution in [1.29, 1.82) is 0 Å². The SMILES string of the molecule is CC(C)(C#Cc1nc([C@@H](N)Cc2cc(F)cc(F)c2)c(-c2ccc(Cl)c3c(N(S(C)(=O)=O)S(C)(=O)=O)nn(C(F)C(F)F)c23)c2c1CCC2)S(C)(=O)=O. The van der Waals surface area contributed by atoms with Gasteiger partial charge in [0, 0.05) is 23.4 Å². The van der Waals surface area contributed by atoms with Crippen LogP contribution in [0.15, 0.2) is 30.3 Å². The van der Waals surface area contributed by atoms with Crippen molar-refractivity contribution in [3.05, 3.63) is 75.1 Å². The van der Waals surface area contributed by atoms with E-state index in [4.69, 9.17) is 22.3 Å². The van der Waals surface area contributed by atoms with Crippen LogP contribution in [-0.4, -0.2) is 70.0 Å². The number of aromatic nitrogens is 3. The molecule has 1 aliphatic carbocycles. The number of anilines is 1. The number of pyridine rings is 1. The lowest BCUT2D eigenvalue weighted by Gasteiger charge is -2.22. The van der Waals surface area contributed by atoms with E-state index in [1.54, 1.807) is 0 Å². The number of rotatable bonds is 10. The molecule has 2 aromatic carbocycles. The molecule has 5 rings (SSSR count). The van der Waals surface area contributed by atoms with E-state index in [0.29, 0.717) is 42.5 Å². The van der Waals surface area contributed by atoms with Crippen LogP contribution >= 0.6 is 11.6 Å². The van der Waals surface area contributed by atoms with Gasteiger partial charge in [-0.15, -0.1) is 8.81 Å². The minimum absolute atomic E-state index is 0.0368. The summed E-state index contributed by atoms with van der Waals surface area (Å²) in [4.78, 5) is 4.72. The van der Waals surface area contributed by atoms with Gasteiger partial charge in [0.05, 0.1) is 40.2 Å². The Labute approximate surface area is 308 Å². The highest BCUT2D eigenvalue weighted by Gasteiger charge is 2.38. The number of sulfonamides is 2. The van der Waals surface area contributed by atoms with Crippen LogP contribution in [0.4, 0.5) is 27.8 Å². The van der Waals surface area contributed by atoms with Crippen molar-refractivity contribution in [2.45, 2.75) is 63.0 Å². The molecule has 20 heteroatoms. The van der Waals surface area contributed by atoms with Crippen molar-refractivity contribution >= 4 is 58.2 Å². The summed E-state index contributed by atoms with van der Waals surface area (Å²) >= 11 is 6.51. The van der Waals surface area contributed by atoms with Gasteiger partial charge in [-0.3, -0.25) is 0 Å². The minimum Gasteiger partial charge on any atom is -0.322 e. The molecule has 0 saturated heterocycles. The van der Waals surface area contributed by atoms with E-state index in [-0.39, 0.29) is 54.3 Å². The summed E-state index contributed by atoms with van der Waals surface area (Å²) in [6.07, 6.45) is -4.08. The van der Waals surface area contributed by atoms with Gasteiger partial charge >= 0.3 is 0 Å². The molecular weight excluding hydrogens is 789 g/mol. The van der Waals surface area contributed by atoms with Gasteiger partial charge < -0.3 is 5.73 Å². The van der Waals surface area contributed by atoms with Crippen LogP contribution in [0.25, 0.3) is 22.0 Å². The molecule has 2 N–H and O–H groups in total. The Morgan fingerprint density at radius 2 is 1.55 bits per heavy atom. The number of nitrogens with zero attached hydrogens (tertiary/aromatic N) is 4. The normalized spacial score (nSPS) is 15.0. The first kappa shape index (κ1) is 40.4. The van der Waals surface area contributed by atoms with E-state index in [9.17, 15) is 42.8 Å². The molecule has 1 unspecified atom stereocenters. The number of hydrogen-bond acceptors (Lipinski definition) is 9. The number of alkyl halides is 3. The average molecular weight is 822 g/mol. The molecule has 53 heavy (non-hydrogen) atoms. The van der Waals surface area contributed by atoms with Crippen LogP contribution < -0.4 is 9.44 Å². The Bertz CT molecular complexity index is 2500. The molecule has 2 atom stereocenters. The average Bonchev–Trinajstić information content (AvgIpc) is 3.63. The first-order chi connectivity index (χ1) is 24.3. The number of nitrogens with two attached hydrogens (primary N) is 1. The second kappa shape index (κ2) is 14.1. The summed E-state index contributed by atoms with van der Waals surface area (Å²) in [6.45, 7) is 2.79. The predicted molar refractivity (Wildman–Crippen MR) is 191 cm³/mol. The summed E-state index contributed by atoms with van der Waals surface area (Å²) < 4.78 is 147. The standard InChI is InChI=1S/C33H33ClF5N5O6S3/c1-33(2,51(3,45)46)12-11-25-20-7-6-8-21(20)26(28(41-25)24(40)15-17-13-18(35)16-19(36)14-17)22-9-10-23(34)27-29(22)43(31(39)30(37)38)42-32(27)44(52(4,47)48)53(5,49)50/h9-10,13-14,16,24,30-31H,6-8,15,40H2,1-5H3/t24-,31?/m0/s1. The molecule has 0 saturated carbocycles. The maximum atomic E-state index is 15.6. The highest BCUT2D eigenvalue weighted by Crippen LogP contribution is 2.46. The molecule has 2 heterocycles. The Balaban J connectivity index is 1.94. The molecule has 0 fully saturated rings. The van der Waals surface area contributed by atoms with Gasteiger partial charge in [-0.2, -0.15) is 0 Å². The van der Waals surface area contributed by atoms with E-state index < -0.39 is 81.7 Å². The zero-order valence-electron chi connectivity index (χ0n) is 28.8. The second-order valence-electron chi connectivity index (χ2n) is 13.2. The number of halogens is 6. The molecular formula is C33H33ClF5N5O6S3. The lowest BCUT2D eigenvalue weighted by atomic mass is 9.89. The Kier molecular flexibility index (Phi) is 10.7. The molecule has 0 radical (unpaired) electrons. The summed E-state index contributed by atoms with van der Waals surface area (Å²) in [6, 6.07) is 3.99. The van der Waals surface area contributed by atoms with Crippen molar-refractivity contribution in [2.24, 2.45) is 5.73 Å². The largest absolute Gasteiger partial charge is 0.322 e. The van der Waals surface area contributed by atoms with Gasteiger partial charge in [-0.25, -0.2) is 56.9 Å². The molecule has 4 aromatic rings. The summed E-state index contributed by atoms with van der Waals surface area (Å²) in [5.41, 5.74) is 7.36. The molecule has 0 aliphatic heterocycles. The smallest absolute Gasteiger partial charge is 0.289 e. The fraction of sp³-hybridized carbons (Fsp3) is 0.394. The Morgan fingerprint density at radius 1 is 0.962 bits per heavy atom. The van der Waals surface area contributed by atoms with Gasteiger partial charge in [-0.1, -0.05) is 23.6 Å². The lowest BCUT2D eigenvalue weighted by molar-refractivity contribution is 0.00365. The molecule has 1 aliphatic rings. The third-order valence-electron chi connectivity index (χ3n) is 8.70. The quantitative estimate of drug-likeness (QED) is 0.163. The molecule has 2 aromatic heterocycles. The first-order valence-electron chi connectivity index (χ1n) is 15.7. The molecule has 0 spiro atoms. The van der Waals surface area contributed by atoms with Gasteiger partial charge in [0.25, 0.3) is 12.7 Å². The third kappa shape index (κ3) is 7.88. The maximum Gasteiger partial charge on any atom is 0.289 e. The fourth-order valence-corrected chi connectivity index (χ4v) is 9.45. The Hall–Kier alpha value is -3.83. The van der Waals surface area contributed by atoms with Crippen molar-refractivity contribution in [3.63, 3.8) is 0 Å². The van der Waals surface area contributed by atoms with E-state index in [2.05, 4.69) is 16.9 Å². The highest BCUT2D eigenvalue weighted by atomic mass is 35.5. The zero-order valence-corrected chi connectivity index (χ0v) is 32.0.